The number of amides is 3. The van der Waals surface area contributed by atoms with Crippen molar-refractivity contribution in [2.24, 2.45) is 0 Å². The molecule has 0 aromatic heterocycles. The van der Waals surface area contributed by atoms with Gasteiger partial charge in [-0.25, -0.2) is 19.2 Å². The van der Waals surface area contributed by atoms with Gasteiger partial charge in [0.15, 0.2) is 0 Å². The number of carbonyl (C=O) groups is 4. The molecule has 1 atom stereocenters. The van der Waals surface area contributed by atoms with Gasteiger partial charge in [-0.3, -0.25) is 4.84 Å². The molecule has 11 nitrogen and oxygen atoms in total. The minimum Gasteiger partial charge on any atom is -0.460 e. The minimum atomic E-state index is -1.43. The Bertz CT molecular complexity index is 1190. The highest BCUT2D eigenvalue weighted by atomic mass is 16.7. The first-order chi connectivity index (χ1) is 20.7. The van der Waals surface area contributed by atoms with E-state index in [1.54, 1.807) is 41.5 Å². The van der Waals surface area contributed by atoms with Gasteiger partial charge in [0.25, 0.3) is 0 Å². The number of hydrogen-bond donors (Lipinski definition) is 0. The highest BCUT2D eigenvalue weighted by molar-refractivity contribution is 5.94. The number of imide groups is 1. The van der Waals surface area contributed by atoms with E-state index in [9.17, 15) is 19.2 Å². The predicted octanol–water partition coefficient (Wildman–Crippen LogP) is 6.81. The van der Waals surface area contributed by atoms with Crippen LogP contribution >= 0.6 is 0 Å². The molecule has 0 fully saturated rings. The number of benzene rings is 2. The van der Waals surface area contributed by atoms with Crippen LogP contribution in [0.1, 0.15) is 65.5 Å². The van der Waals surface area contributed by atoms with Crippen LogP contribution in [0.5, 0.6) is 0 Å². The molecule has 0 radical (unpaired) electrons. The van der Waals surface area contributed by atoms with Crippen LogP contribution in [-0.4, -0.2) is 64.6 Å². The zero-order valence-electron chi connectivity index (χ0n) is 26.4. The molecule has 2 rings (SSSR count). The van der Waals surface area contributed by atoms with E-state index in [0.717, 1.165) is 16.2 Å². The Balaban J connectivity index is 2.28. The van der Waals surface area contributed by atoms with Crippen LogP contribution in [0.2, 0.25) is 0 Å². The average molecular weight is 613 g/mol. The Morgan fingerprint density at radius 1 is 0.750 bits per heavy atom. The fourth-order valence-electron chi connectivity index (χ4n) is 3.70. The zero-order valence-corrected chi connectivity index (χ0v) is 26.4. The van der Waals surface area contributed by atoms with Crippen molar-refractivity contribution in [2.75, 3.05) is 13.2 Å². The molecule has 44 heavy (non-hydrogen) atoms. The Morgan fingerprint density at radius 2 is 1.25 bits per heavy atom. The van der Waals surface area contributed by atoms with Crippen molar-refractivity contribution < 1.29 is 43.0 Å². The summed E-state index contributed by atoms with van der Waals surface area (Å²) in [5.41, 5.74) is -0.339. The molecule has 240 valence electrons. The molecule has 2 aromatic carbocycles. The first kappa shape index (κ1) is 35.8. The van der Waals surface area contributed by atoms with Crippen molar-refractivity contribution >= 4 is 24.2 Å². The summed E-state index contributed by atoms with van der Waals surface area (Å²) >= 11 is 0. The lowest BCUT2D eigenvalue weighted by Crippen LogP contribution is -2.52. The lowest BCUT2D eigenvalue weighted by atomic mass is 10.1. The number of rotatable bonds is 13. The quantitative estimate of drug-likeness (QED) is 0.104. The molecule has 2 aromatic rings. The molecular formula is C33H44N2O9. The van der Waals surface area contributed by atoms with Crippen molar-refractivity contribution in [3.05, 3.63) is 84.4 Å². The van der Waals surface area contributed by atoms with Crippen molar-refractivity contribution in [1.82, 2.24) is 9.96 Å². The van der Waals surface area contributed by atoms with Crippen LogP contribution < -0.4 is 0 Å². The van der Waals surface area contributed by atoms with Gasteiger partial charge < -0.3 is 18.9 Å². The van der Waals surface area contributed by atoms with E-state index >= 15 is 0 Å². The molecule has 0 saturated heterocycles. The normalized spacial score (nSPS) is 12.0. The monoisotopic (exact) mass is 612 g/mol. The molecule has 0 aliphatic heterocycles. The van der Waals surface area contributed by atoms with Crippen molar-refractivity contribution in [3.63, 3.8) is 0 Å². The molecule has 0 aliphatic carbocycles. The SMILES string of the molecule is C=CCOC(=O)[C@H](CCCN(OCc1ccccc1)C(=O)OCc1ccccc1)N(C(=O)OC(C)(C)C)C(=O)OC(C)(C)C. The predicted molar refractivity (Wildman–Crippen MR) is 163 cm³/mol. The average Bonchev–Trinajstić information content (AvgIpc) is 2.94. The van der Waals surface area contributed by atoms with Crippen LogP contribution in [0, 0.1) is 0 Å². The van der Waals surface area contributed by atoms with E-state index in [1.165, 1.54) is 6.08 Å². The van der Waals surface area contributed by atoms with Gasteiger partial charge in [0.2, 0.25) is 0 Å². The summed E-state index contributed by atoms with van der Waals surface area (Å²) < 4.78 is 21.6. The molecule has 3 amide bonds. The number of carbonyl (C=O) groups excluding carboxylic acids is 4. The largest absolute Gasteiger partial charge is 0.460 e. The molecule has 0 bridgehead atoms. The van der Waals surface area contributed by atoms with Gasteiger partial charge in [-0.15, -0.1) is 0 Å². The number of ether oxygens (including phenoxy) is 4. The Labute approximate surface area is 259 Å². The topological polar surface area (TPSA) is 121 Å². The summed E-state index contributed by atoms with van der Waals surface area (Å²) in [5, 5.41) is 1.05. The minimum absolute atomic E-state index is 0.0203. The smallest absolute Gasteiger partial charge is 0.434 e. The standard InChI is InChI=1S/C33H44N2O9/c1-8-22-40-28(36)27(35(30(38)43-32(2,3)4)31(39)44-33(5,6)7)20-15-21-34(42-24-26-18-13-10-14-19-26)29(37)41-23-25-16-11-9-12-17-25/h8-14,16-19,27H,1,15,20-24H2,2-7H3/t27-/m0/s1. The molecule has 0 unspecified atom stereocenters. The van der Waals surface area contributed by atoms with E-state index in [2.05, 4.69) is 6.58 Å². The molecule has 0 aliphatic rings. The van der Waals surface area contributed by atoms with Crippen molar-refractivity contribution in [1.29, 1.82) is 0 Å². The van der Waals surface area contributed by atoms with E-state index in [-0.39, 0.29) is 39.2 Å². The number of esters is 1. The van der Waals surface area contributed by atoms with Gasteiger partial charge in [0.1, 0.15) is 37.1 Å². The van der Waals surface area contributed by atoms with Gasteiger partial charge in [-0.2, -0.15) is 9.96 Å². The lowest BCUT2D eigenvalue weighted by Gasteiger charge is -2.32. The molecule has 11 heteroatoms. The summed E-state index contributed by atoms with van der Waals surface area (Å²) in [7, 11) is 0. The van der Waals surface area contributed by atoms with Crippen molar-refractivity contribution in [3.8, 4) is 0 Å². The second kappa shape index (κ2) is 17.0. The molecule has 0 heterocycles. The first-order valence-electron chi connectivity index (χ1n) is 14.4. The van der Waals surface area contributed by atoms with E-state index in [0.29, 0.717) is 4.90 Å². The Kier molecular flexibility index (Phi) is 13.9. The maximum Gasteiger partial charge on any atom is 0.434 e. The van der Waals surface area contributed by atoms with Crippen LogP contribution in [0.4, 0.5) is 14.4 Å². The molecule has 0 N–H and O–H groups in total. The number of nitrogens with zero attached hydrogens (tertiary/aromatic N) is 2. The third kappa shape index (κ3) is 13.3. The van der Waals surface area contributed by atoms with Gasteiger partial charge >= 0.3 is 24.2 Å². The fourth-order valence-corrected chi connectivity index (χ4v) is 3.70. The fraction of sp³-hybridized carbons (Fsp3) is 0.455. The zero-order chi connectivity index (χ0) is 32.8. The molecule has 0 spiro atoms. The summed E-state index contributed by atoms with van der Waals surface area (Å²) in [6, 6.07) is 17.0. The maximum atomic E-state index is 13.3. The van der Waals surface area contributed by atoms with Crippen LogP contribution in [-0.2, 0) is 41.8 Å². The van der Waals surface area contributed by atoms with E-state index < -0.39 is 41.5 Å². The highest BCUT2D eigenvalue weighted by Crippen LogP contribution is 2.21. The van der Waals surface area contributed by atoms with Crippen molar-refractivity contribution in [2.45, 2.75) is 84.8 Å². The van der Waals surface area contributed by atoms with Crippen LogP contribution in [0.15, 0.2) is 73.3 Å². The van der Waals surface area contributed by atoms with Crippen LogP contribution in [0.3, 0.4) is 0 Å². The molecular weight excluding hydrogens is 568 g/mol. The van der Waals surface area contributed by atoms with Gasteiger partial charge in [-0.1, -0.05) is 73.3 Å². The summed E-state index contributed by atoms with van der Waals surface area (Å²) in [5.74, 6) is -0.870. The third-order valence-electron chi connectivity index (χ3n) is 5.58. The molecule has 0 saturated carbocycles. The first-order valence-corrected chi connectivity index (χ1v) is 14.4. The lowest BCUT2D eigenvalue weighted by molar-refractivity contribution is -0.152. The van der Waals surface area contributed by atoms with Gasteiger partial charge in [0.05, 0.1) is 6.54 Å². The Morgan fingerprint density at radius 3 is 1.73 bits per heavy atom. The summed E-state index contributed by atoms with van der Waals surface area (Å²) in [4.78, 5) is 59.2. The highest BCUT2D eigenvalue weighted by Gasteiger charge is 2.41. The number of hydrogen-bond acceptors (Lipinski definition) is 9. The van der Waals surface area contributed by atoms with E-state index in [4.69, 9.17) is 23.8 Å². The second-order valence-electron chi connectivity index (χ2n) is 11.8. The maximum absolute atomic E-state index is 13.3. The Hall–Kier alpha value is -4.38. The van der Waals surface area contributed by atoms with Gasteiger partial charge in [-0.05, 0) is 65.5 Å². The summed E-state index contributed by atoms with van der Waals surface area (Å²) in [6.45, 7) is 13.2. The van der Waals surface area contributed by atoms with Crippen LogP contribution in [0.25, 0.3) is 0 Å². The number of hydroxylamine groups is 2. The third-order valence-corrected chi connectivity index (χ3v) is 5.58. The van der Waals surface area contributed by atoms with E-state index in [1.807, 2.05) is 60.7 Å². The second-order valence-corrected chi connectivity index (χ2v) is 11.8. The van der Waals surface area contributed by atoms with Gasteiger partial charge in [0, 0.05) is 0 Å². The summed E-state index contributed by atoms with van der Waals surface area (Å²) in [6.07, 6.45) is -1.54.